The maximum atomic E-state index is 2.46. The molecule has 106 valence electrons. The molecule has 0 aliphatic rings. The maximum absolute atomic E-state index is 2.46. The highest BCUT2D eigenvalue weighted by Gasteiger charge is 2.22. The fraction of sp³-hybridized carbons (Fsp3) is 0.294. The minimum Gasteiger partial charge on any atom is -0.112 e. The predicted molar refractivity (Wildman–Crippen MR) is 96.5 cm³/mol. The highest BCUT2D eigenvalue weighted by molar-refractivity contribution is 8.17. The standard InChI is InChI=1S/C17H22S2Si/c1-20(2,3)14-17(18-15-10-6-4-7-11-15)19-16-12-8-5-9-13-16/h4-13,17H,14H2,1-3H3. The van der Waals surface area contributed by atoms with Gasteiger partial charge >= 0.3 is 0 Å². The van der Waals surface area contributed by atoms with Crippen molar-refractivity contribution in [2.45, 2.75) is 40.1 Å². The number of thioether (sulfide) groups is 2. The number of rotatable bonds is 6. The third kappa shape index (κ3) is 5.78. The van der Waals surface area contributed by atoms with E-state index in [1.54, 1.807) is 0 Å². The summed E-state index contributed by atoms with van der Waals surface area (Å²) in [6.45, 7) is 7.37. The molecule has 0 unspecified atom stereocenters. The summed E-state index contributed by atoms with van der Waals surface area (Å²) in [5.41, 5.74) is 0. The Labute approximate surface area is 132 Å². The maximum Gasteiger partial charge on any atom is 0.0573 e. The highest BCUT2D eigenvalue weighted by atomic mass is 32.2. The Bertz CT molecular complexity index is 464. The molecule has 0 amide bonds. The van der Waals surface area contributed by atoms with Crippen LogP contribution in [0.1, 0.15) is 0 Å². The Hall–Kier alpha value is -0.643. The second-order valence-corrected chi connectivity index (χ2v) is 14.4. The smallest absolute Gasteiger partial charge is 0.0573 e. The quantitative estimate of drug-likeness (QED) is 0.351. The molecule has 2 aromatic rings. The van der Waals surface area contributed by atoms with E-state index in [4.69, 9.17) is 0 Å². The Kier molecular flexibility index (Phi) is 5.82. The van der Waals surface area contributed by atoms with Gasteiger partial charge in [0.25, 0.3) is 0 Å². The molecule has 0 spiro atoms. The van der Waals surface area contributed by atoms with E-state index in [1.807, 2.05) is 23.5 Å². The summed E-state index contributed by atoms with van der Waals surface area (Å²) in [4.78, 5) is 2.75. The van der Waals surface area contributed by atoms with Crippen LogP contribution in [0.4, 0.5) is 0 Å². The number of hydrogen-bond donors (Lipinski definition) is 0. The molecule has 0 aliphatic carbocycles. The fourth-order valence-corrected chi connectivity index (χ4v) is 8.67. The first-order chi connectivity index (χ1) is 9.53. The van der Waals surface area contributed by atoms with Crippen molar-refractivity contribution in [2.24, 2.45) is 0 Å². The van der Waals surface area contributed by atoms with Crippen LogP contribution in [0, 0.1) is 0 Å². The van der Waals surface area contributed by atoms with Crippen molar-refractivity contribution in [3.8, 4) is 0 Å². The molecular formula is C17H22S2Si. The van der Waals surface area contributed by atoms with Crippen molar-refractivity contribution < 1.29 is 0 Å². The van der Waals surface area contributed by atoms with Gasteiger partial charge in [-0.2, -0.15) is 0 Å². The van der Waals surface area contributed by atoms with Gasteiger partial charge in [-0.25, -0.2) is 0 Å². The van der Waals surface area contributed by atoms with Crippen molar-refractivity contribution in [1.29, 1.82) is 0 Å². The molecule has 0 fully saturated rings. The van der Waals surface area contributed by atoms with E-state index in [0.717, 1.165) is 0 Å². The van der Waals surface area contributed by atoms with Crippen LogP contribution in [0.15, 0.2) is 70.5 Å². The van der Waals surface area contributed by atoms with Gasteiger partial charge in [0.15, 0.2) is 0 Å². The molecule has 0 bridgehead atoms. The normalized spacial score (nSPS) is 11.8. The van der Waals surface area contributed by atoms with Crippen LogP contribution < -0.4 is 0 Å². The Morgan fingerprint density at radius 2 is 1.15 bits per heavy atom. The van der Waals surface area contributed by atoms with E-state index < -0.39 is 8.07 Å². The van der Waals surface area contributed by atoms with Crippen molar-refractivity contribution in [1.82, 2.24) is 0 Å². The largest absolute Gasteiger partial charge is 0.112 e. The third-order valence-corrected chi connectivity index (χ3v) is 7.55. The van der Waals surface area contributed by atoms with E-state index in [-0.39, 0.29) is 0 Å². The van der Waals surface area contributed by atoms with Gasteiger partial charge in [0, 0.05) is 17.9 Å². The Morgan fingerprint density at radius 1 is 0.750 bits per heavy atom. The van der Waals surface area contributed by atoms with Crippen molar-refractivity contribution in [3.63, 3.8) is 0 Å². The lowest BCUT2D eigenvalue weighted by molar-refractivity contribution is 1.28. The first-order valence-electron chi connectivity index (χ1n) is 6.96. The van der Waals surface area contributed by atoms with Crippen LogP contribution in [0.3, 0.4) is 0 Å². The number of hydrogen-bond acceptors (Lipinski definition) is 2. The summed E-state index contributed by atoms with van der Waals surface area (Å²) in [5.74, 6) is 0. The summed E-state index contributed by atoms with van der Waals surface area (Å²) in [7, 11) is -1.07. The van der Waals surface area contributed by atoms with Crippen LogP contribution in [0.2, 0.25) is 25.7 Å². The minimum atomic E-state index is -1.07. The lowest BCUT2D eigenvalue weighted by atomic mass is 10.4. The molecule has 2 aromatic carbocycles. The van der Waals surface area contributed by atoms with Gasteiger partial charge in [-0.15, -0.1) is 23.5 Å². The molecule has 0 heterocycles. The first kappa shape index (κ1) is 15.7. The summed E-state index contributed by atoms with van der Waals surface area (Å²) < 4.78 is 0.603. The molecule has 0 aliphatic heterocycles. The van der Waals surface area contributed by atoms with Crippen LogP contribution >= 0.6 is 23.5 Å². The lowest BCUT2D eigenvalue weighted by Crippen LogP contribution is -2.23. The minimum absolute atomic E-state index is 0.603. The molecule has 3 heteroatoms. The SMILES string of the molecule is C[Si](C)(C)CC(Sc1ccccc1)Sc1ccccc1. The monoisotopic (exact) mass is 318 g/mol. The van der Waals surface area contributed by atoms with Gasteiger partial charge in [0.05, 0.1) is 4.58 Å². The van der Waals surface area contributed by atoms with E-state index in [9.17, 15) is 0 Å². The van der Waals surface area contributed by atoms with Crippen molar-refractivity contribution in [2.75, 3.05) is 0 Å². The zero-order valence-electron chi connectivity index (χ0n) is 12.4. The van der Waals surface area contributed by atoms with Gasteiger partial charge < -0.3 is 0 Å². The van der Waals surface area contributed by atoms with Crippen molar-refractivity contribution in [3.05, 3.63) is 60.7 Å². The van der Waals surface area contributed by atoms with Gasteiger partial charge in [-0.1, -0.05) is 56.0 Å². The highest BCUT2D eigenvalue weighted by Crippen LogP contribution is 2.39. The van der Waals surface area contributed by atoms with Crippen molar-refractivity contribution >= 4 is 31.6 Å². The summed E-state index contributed by atoms with van der Waals surface area (Å²) in [5, 5.41) is 0. The second-order valence-electron chi connectivity index (χ2n) is 6.06. The van der Waals surface area contributed by atoms with Crippen LogP contribution in [0.25, 0.3) is 0 Å². The van der Waals surface area contributed by atoms with E-state index in [2.05, 4.69) is 80.3 Å². The Balaban J connectivity index is 2.08. The molecule has 0 saturated carbocycles. The zero-order chi connectivity index (χ0) is 14.4. The average molecular weight is 319 g/mol. The summed E-state index contributed by atoms with van der Waals surface area (Å²) in [6, 6.07) is 22.9. The molecule has 0 N–H and O–H groups in total. The molecule has 0 saturated heterocycles. The molecule has 2 rings (SSSR count). The summed E-state index contributed by atoms with van der Waals surface area (Å²) >= 11 is 4.02. The van der Waals surface area contributed by atoms with Gasteiger partial charge in [-0.3, -0.25) is 0 Å². The van der Waals surface area contributed by atoms with Gasteiger partial charge in [0.1, 0.15) is 0 Å². The zero-order valence-corrected chi connectivity index (χ0v) is 15.0. The fourth-order valence-electron chi connectivity index (χ4n) is 1.91. The number of benzene rings is 2. The Morgan fingerprint density at radius 3 is 1.50 bits per heavy atom. The van der Waals surface area contributed by atoms with Crippen LogP contribution in [-0.4, -0.2) is 12.7 Å². The molecule has 0 nitrogen and oxygen atoms in total. The molecule has 0 atom stereocenters. The van der Waals surface area contributed by atoms with E-state index in [1.165, 1.54) is 15.8 Å². The summed E-state index contributed by atoms with van der Waals surface area (Å²) in [6.07, 6.45) is 0. The third-order valence-electron chi connectivity index (χ3n) is 2.80. The van der Waals surface area contributed by atoms with Crippen LogP contribution in [-0.2, 0) is 0 Å². The lowest BCUT2D eigenvalue weighted by Gasteiger charge is -2.24. The predicted octanol–water partition coefficient (Wildman–Crippen LogP) is 6.24. The average Bonchev–Trinajstić information content (AvgIpc) is 2.39. The first-order valence-corrected chi connectivity index (χ1v) is 12.4. The van der Waals surface area contributed by atoms with Gasteiger partial charge in [-0.05, 0) is 30.3 Å². The van der Waals surface area contributed by atoms with Gasteiger partial charge in [0.2, 0.25) is 0 Å². The topological polar surface area (TPSA) is 0 Å². The second kappa shape index (κ2) is 7.39. The van der Waals surface area contributed by atoms with E-state index >= 15 is 0 Å². The molecule has 20 heavy (non-hydrogen) atoms. The molecule has 0 radical (unpaired) electrons. The molecule has 0 aromatic heterocycles. The van der Waals surface area contributed by atoms with Crippen LogP contribution in [0.5, 0.6) is 0 Å². The van der Waals surface area contributed by atoms with E-state index in [0.29, 0.717) is 4.58 Å². The molecular weight excluding hydrogens is 296 g/mol.